The SMILES string of the molecule is CC1CN(C(C(=O)Nc2cccc(Cn3cccnc3=O)c2)C(C)C)CC(C)O1. The highest BCUT2D eigenvalue weighted by Gasteiger charge is 2.34. The number of ether oxygens (including phenoxy) is 1. The number of hydrogen-bond acceptors (Lipinski definition) is 5. The fourth-order valence-electron chi connectivity index (χ4n) is 4.00. The number of carbonyl (C=O) groups is 1. The zero-order valence-electron chi connectivity index (χ0n) is 17.5. The third kappa shape index (κ3) is 5.52. The van der Waals surface area contributed by atoms with Crippen molar-refractivity contribution in [1.29, 1.82) is 0 Å². The molecule has 0 saturated carbocycles. The van der Waals surface area contributed by atoms with Crippen molar-refractivity contribution >= 4 is 11.6 Å². The summed E-state index contributed by atoms with van der Waals surface area (Å²) < 4.78 is 7.36. The number of hydrogen-bond donors (Lipinski definition) is 1. The molecule has 7 heteroatoms. The molecule has 7 nitrogen and oxygen atoms in total. The van der Waals surface area contributed by atoms with Crippen LogP contribution in [0.25, 0.3) is 0 Å². The molecular formula is C22H30N4O3. The van der Waals surface area contributed by atoms with E-state index in [1.54, 1.807) is 12.3 Å². The molecule has 1 aliphatic heterocycles. The van der Waals surface area contributed by atoms with Crippen molar-refractivity contribution < 1.29 is 9.53 Å². The van der Waals surface area contributed by atoms with Gasteiger partial charge in [-0.05, 0) is 43.5 Å². The number of benzene rings is 1. The smallest absolute Gasteiger partial charge is 0.347 e. The van der Waals surface area contributed by atoms with Crippen molar-refractivity contribution in [3.63, 3.8) is 0 Å². The molecule has 0 radical (unpaired) electrons. The Morgan fingerprint density at radius 3 is 2.62 bits per heavy atom. The van der Waals surface area contributed by atoms with Gasteiger partial charge in [0.25, 0.3) is 0 Å². The second kappa shape index (κ2) is 9.33. The second-order valence-electron chi connectivity index (χ2n) is 8.12. The molecule has 3 rings (SSSR count). The zero-order chi connectivity index (χ0) is 21.0. The molecule has 0 aliphatic carbocycles. The van der Waals surface area contributed by atoms with Gasteiger partial charge in [0.1, 0.15) is 0 Å². The summed E-state index contributed by atoms with van der Waals surface area (Å²) in [5.74, 6) is 0.154. The summed E-state index contributed by atoms with van der Waals surface area (Å²) in [6, 6.07) is 9.09. The van der Waals surface area contributed by atoms with E-state index < -0.39 is 0 Å². The molecule has 0 bridgehead atoms. The van der Waals surface area contributed by atoms with Gasteiger partial charge in [-0.25, -0.2) is 9.78 Å². The maximum Gasteiger partial charge on any atom is 0.347 e. The quantitative estimate of drug-likeness (QED) is 0.808. The minimum absolute atomic E-state index is 0.0167. The van der Waals surface area contributed by atoms with E-state index in [4.69, 9.17) is 4.74 Å². The third-order valence-corrected chi connectivity index (χ3v) is 5.07. The van der Waals surface area contributed by atoms with Crippen molar-refractivity contribution in [2.75, 3.05) is 18.4 Å². The van der Waals surface area contributed by atoms with Gasteiger partial charge in [-0.3, -0.25) is 14.3 Å². The molecule has 0 spiro atoms. The van der Waals surface area contributed by atoms with Gasteiger partial charge in [-0.1, -0.05) is 26.0 Å². The standard InChI is InChI=1S/C22H30N4O3/c1-15(2)20(26-12-16(3)29-17(4)13-26)21(27)24-19-8-5-7-18(11-19)14-25-10-6-9-23-22(25)28/h5-11,15-17,20H,12-14H2,1-4H3,(H,24,27). The molecule has 3 unspecified atom stereocenters. The number of aromatic nitrogens is 2. The van der Waals surface area contributed by atoms with Crippen molar-refractivity contribution in [2.24, 2.45) is 5.92 Å². The number of carbonyl (C=O) groups excluding carboxylic acids is 1. The van der Waals surface area contributed by atoms with Crippen LogP contribution in [0.1, 0.15) is 33.3 Å². The Labute approximate surface area is 171 Å². The van der Waals surface area contributed by atoms with Crippen LogP contribution in [0.5, 0.6) is 0 Å². The van der Waals surface area contributed by atoms with Crippen molar-refractivity contribution in [2.45, 2.75) is 52.5 Å². The van der Waals surface area contributed by atoms with Crippen LogP contribution in [0.2, 0.25) is 0 Å². The first-order valence-corrected chi connectivity index (χ1v) is 10.1. The van der Waals surface area contributed by atoms with E-state index in [0.29, 0.717) is 6.54 Å². The van der Waals surface area contributed by atoms with Gasteiger partial charge in [0, 0.05) is 31.2 Å². The molecule has 2 aromatic rings. The summed E-state index contributed by atoms with van der Waals surface area (Å²) >= 11 is 0. The van der Waals surface area contributed by atoms with Gasteiger partial charge < -0.3 is 10.1 Å². The van der Waals surface area contributed by atoms with E-state index in [0.717, 1.165) is 24.3 Å². The Hall–Kier alpha value is -2.51. The second-order valence-corrected chi connectivity index (χ2v) is 8.12. The van der Waals surface area contributed by atoms with Gasteiger partial charge >= 0.3 is 5.69 Å². The van der Waals surface area contributed by atoms with E-state index in [1.807, 2.05) is 38.1 Å². The Morgan fingerprint density at radius 2 is 1.97 bits per heavy atom. The lowest BCUT2D eigenvalue weighted by atomic mass is 9.99. The van der Waals surface area contributed by atoms with Crippen LogP contribution in [-0.4, -0.2) is 51.7 Å². The zero-order valence-corrected chi connectivity index (χ0v) is 17.5. The number of morpholine rings is 1. The van der Waals surface area contributed by atoms with E-state index >= 15 is 0 Å². The van der Waals surface area contributed by atoms with Crippen LogP contribution in [0.4, 0.5) is 5.69 Å². The first kappa shape index (κ1) is 21.2. The molecule has 1 aliphatic rings. The highest BCUT2D eigenvalue weighted by atomic mass is 16.5. The number of amides is 1. The van der Waals surface area contributed by atoms with E-state index in [2.05, 4.69) is 29.0 Å². The van der Waals surface area contributed by atoms with Crippen LogP contribution >= 0.6 is 0 Å². The average molecular weight is 399 g/mol. The van der Waals surface area contributed by atoms with E-state index in [9.17, 15) is 9.59 Å². The summed E-state index contributed by atoms with van der Waals surface area (Å²) in [5, 5.41) is 3.07. The lowest BCUT2D eigenvalue weighted by Crippen LogP contribution is -2.55. The van der Waals surface area contributed by atoms with Gasteiger partial charge in [-0.2, -0.15) is 0 Å². The molecule has 1 aromatic carbocycles. The topological polar surface area (TPSA) is 76.5 Å². The van der Waals surface area contributed by atoms with Gasteiger partial charge in [-0.15, -0.1) is 0 Å². The summed E-state index contributed by atoms with van der Waals surface area (Å²) in [5.41, 5.74) is 1.36. The molecule has 156 valence electrons. The molecule has 1 saturated heterocycles. The molecule has 2 heterocycles. The number of rotatable bonds is 6. The maximum atomic E-state index is 13.1. The molecular weight excluding hydrogens is 368 g/mol. The van der Waals surface area contributed by atoms with Crippen LogP contribution in [0.3, 0.4) is 0 Å². The molecule has 1 amide bonds. The lowest BCUT2D eigenvalue weighted by molar-refractivity contribution is -0.130. The fourth-order valence-corrected chi connectivity index (χ4v) is 4.00. The third-order valence-electron chi connectivity index (χ3n) is 5.07. The molecule has 1 aromatic heterocycles. The monoisotopic (exact) mass is 398 g/mol. The van der Waals surface area contributed by atoms with E-state index in [-0.39, 0.29) is 35.8 Å². The average Bonchev–Trinajstić information content (AvgIpc) is 2.63. The Kier molecular flexibility index (Phi) is 6.82. The van der Waals surface area contributed by atoms with Crippen molar-refractivity contribution in [3.8, 4) is 0 Å². The predicted molar refractivity (Wildman–Crippen MR) is 113 cm³/mol. The highest BCUT2D eigenvalue weighted by molar-refractivity contribution is 5.95. The summed E-state index contributed by atoms with van der Waals surface area (Å²) in [7, 11) is 0. The normalized spacial score (nSPS) is 21.1. The van der Waals surface area contributed by atoms with E-state index in [1.165, 1.54) is 10.8 Å². The highest BCUT2D eigenvalue weighted by Crippen LogP contribution is 2.21. The van der Waals surface area contributed by atoms with Crippen molar-refractivity contribution in [1.82, 2.24) is 14.5 Å². The molecule has 1 N–H and O–H groups in total. The van der Waals surface area contributed by atoms with Gasteiger partial charge in [0.2, 0.25) is 5.91 Å². The summed E-state index contributed by atoms with van der Waals surface area (Å²) in [4.78, 5) is 31.0. The number of nitrogens with zero attached hydrogens (tertiary/aromatic N) is 3. The van der Waals surface area contributed by atoms with Crippen LogP contribution in [-0.2, 0) is 16.1 Å². The Bertz CT molecular complexity index is 885. The number of nitrogens with one attached hydrogen (secondary N) is 1. The molecule has 29 heavy (non-hydrogen) atoms. The van der Waals surface area contributed by atoms with Crippen LogP contribution < -0.4 is 11.0 Å². The minimum Gasteiger partial charge on any atom is -0.373 e. The Balaban J connectivity index is 1.73. The predicted octanol–water partition coefficient (Wildman–Crippen LogP) is 2.36. The van der Waals surface area contributed by atoms with Crippen LogP contribution in [0, 0.1) is 5.92 Å². The fraction of sp³-hybridized carbons (Fsp3) is 0.500. The number of anilines is 1. The summed E-state index contributed by atoms with van der Waals surface area (Å²) in [6.07, 6.45) is 3.40. The lowest BCUT2D eigenvalue weighted by Gasteiger charge is -2.41. The van der Waals surface area contributed by atoms with Gasteiger partial charge in [0.05, 0.1) is 24.8 Å². The van der Waals surface area contributed by atoms with Gasteiger partial charge in [0.15, 0.2) is 0 Å². The molecule has 3 atom stereocenters. The maximum absolute atomic E-state index is 13.1. The van der Waals surface area contributed by atoms with Crippen LogP contribution in [0.15, 0.2) is 47.5 Å². The molecule has 1 fully saturated rings. The first-order valence-electron chi connectivity index (χ1n) is 10.1. The summed E-state index contributed by atoms with van der Waals surface area (Å²) in [6.45, 7) is 10.1. The van der Waals surface area contributed by atoms with Crippen molar-refractivity contribution in [3.05, 3.63) is 58.8 Å². The Morgan fingerprint density at radius 1 is 1.24 bits per heavy atom. The largest absolute Gasteiger partial charge is 0.373 e. The first-order chi connectivity index (χ1) is 13.8. The minimum atomic E-state index is -0.294.